The molecule has 0 saturated carbocycles. The number of amides is 2. The lowest BCUT2D eigenvalue weighted by atomic mass is 10.0. The highest BCUT2D eigenvalue weighted by atomic mass is 32.2. The fraction of sp³-hybridized carbons (Fsp3) is 0.588. The van der Waals surface area contributed by atoms with E-state index in [1.165, 1.54) is 0 Å². The van der Waals surface area contributed by atoms with Crippen molar-refractivity contribution in [3.05, 3.63) is 29.8 Å². The molecule has 2 atom stereocenters. The summed E-state index contributed by atoms with van der Waals surface area (Å²) in [6, 6.07) is 6.97. The van der Waals surface area contributed by atoms with Crippen molar-refractivity contribution >= 4 is 22.5 Å². The lowest BCUT2D eigenvalue weighted by Gasteiger charge is -2.27. The predicted molar refractivity (Wildman–Crippen MR) is 96.0 cm³/mol. The van der Waals surface area contributed by atoms with E-state index in [-0.39, 0.29) is 17.4 Å². The molecule has 0 bridgehead atoms. The number of nitrogens with one attached hydrogen (secondary N) is 2. The van der Waals surface area contributed by atoms with Gasteiger partial charge in [0.2, 0.25) is 0 Å². The summed E-state index contributed by atoms with van der Waals surface area (Å²) in [6.07, 6.45) is 0.627. The molecule has 0 aliphatic heterocycles. The summed E-state index contributed by atoms with van der Waals surface area (Å²) in [5, 5.41) is 14.9. The summed E-state index contributed by atoms with van der Waals surface area (Å²) < 4.78 is 11.9. The molecule has 0 radical (unpaired) electrons. The number of anilines is 1. The molecule has 1 rings (SSSR count). The summed E-state index contributed by atoms with van der Waals surface area (Å²) in [6.45, 7) is 9.40. The lowest BCUT2D eigenvalue weighted by molar-refractivity contribution is 0.172. The van der Waals surface area contributed by atoms with Crippen molar-refractivity contribution in [3.63, 3.8) is 0 Å². The molecule has 2 amide bonds. The van der Waals surface area contributed by atoms with Crippen LogP contribution in [0.3, 0.4) is 0 Å². The van der Waals surface area contributed by atoms with Gasteiger partial charge in [-0.05, 0) is 51.8 Å². The van der Waals surface area contributed by atoms with Crippen LogP contribution in [0.4, 0.5) is 10.5 Å². The van der Waals surface area contributed by atoms with Crippen molar-refractivity contribution in [2.24, 2.45) is 0 Å². The molecule has 23 heavy (non-hydrogen) atoms. The number of aliphatic hydroxyl groups excluding tert-OH is 1. The Morgan fingerprint density at radius 2 is 1.91 bits per heavy atom. The van der Waals surface area contributed by atoms with Gasteiger partial charge in [-0.15, -0.1) is 0 Å². The SMILES string of the molecule is CCC(C)(CO)NC(=O)Nc1cccc(CS(=O)C(C)(C)C)c1. The first-order chi connectivity index (χ1) is 10.6. The first-order valence-electron chi connectivity index (χ1n) is 7.77. The highest BCUT2D eigenvalue weighted by Gasteiger charge is 2.23. The van der Waals surface area contributed by atoms with Crippen molar-refractivity contribution in [1.82, 2.24) is 5.32 Å². The number of carbonyl (C=O) groups is 1. The fourth-order valence-electron chi connectivity index (χ4n) is 1.78. The number of aliphatic hydroxyl groups is 1. The Kier molecular flexibility index (Phi) is 6.77. The van der Waals surface area contributed by atoms with Gasteiger partial charge in [-0.2, -0.15) is 0 Å². The van der Waals surface area contributed by atoms with Gasteiger partial charge in [0.1, 0.15) is 0 Å². The summed E-state index contributed by atoms with van der Waals surface area (Å²) >= 11 is 0. The molecular weight excluding hydrogens is 312 g/mol. The number of hydrogen-bond acceptors (Lipinski definition) is 3. The van der Waals surface area contributed by atoms with E-state index in [1.807, 2.05) is 45.9 Å². The summed E-state index contributed by atoms with van der Waals surface area (Å²) in [5.74, 6) is 0.448. The smallest absolute Gasteiger partial charge is 0.319 e. The molecule has 0 saturated heterocycles. The van der Waals surface area contributed by atoms with Gasteiger partial charge in [0.05, 0.1) is 12.1 Å². The molecule has 3 N–H and O–H groups in total. The third-order valence-electron chi connectivity index (χ3n) is 3.71. The first kappa shape index (κ1) is 19.6. The average molecular weight is 340 g/mol. The van der Waals surface area contributed by atoms with E-state index >= 15 is 0 Å². The molecule has 1 aromatic carbocycles. The van der Waals surface area contributed by atoms with Crippen LogP contribution in [-0.4, -0.2) is 32.2 Å². The van der Waals surface area contributed by atoms with E-state index in [4.69, 9.17) is 0 Å². The molecule has 130 valence electrons. The zero-order valence-corrected chi connectivity index (χ0v) is 15.4. The molecule has 2 unspecified atom stereocenters. The van der Waals surface area contributed by atoms with E-state index in [1.54, 1.807) is 13.0 Å². The monoisotopic (exact) mass is 340 g/mol. The largest absolute Gasteiger partial charge is 0.394 e. The first-order valence-corrected chi connectivity index (χ1v) is 9.09. The standard InChI is InChI=1S/C17H28N2O3S/c1-6-17(5,12-20)19-15(21)18-14-9-7-8-13(10-14)11-23(22)16(2,3)4/h7-10,20H,6,11-12H2,1-5H3,(H2,18,19,21). The molecule has 1 aromatic rings. The van der Waals surface area contributed by atoms with Crippen LogP contribution in [0, 0.1) is 0 Å². The van der Waals surface area contributed by atoms with Crippen LogP contribution in [0.5, 0.6) is 0 Å². The highest BCUT2D eigenvalue weighted by molar-refractivity contribution is 7.85. The van der Waals surface area contributed by atoms with E-state index in [0.29, 0.717) is 17.9 Å². The topological polar surface area (TPSA) is 78.4 Å². The molecule has 0 aromatic heterocycles. The predicted octanol–water partition coefficient (Wildman–Crippen LogP) is 3.02. The minimum Gasteiger partial charge on any atom is -0.394 e. The quantitative estimate of drug-likeness (QED) is 0.745. The average Bonchev–Trinajstić information content (AvgIpc) is 2.46. The number of carbonyl (C=O) groups excluding carboxylic acids is 1. The van der Waals surface area contributed by atoms with Crippen molar-refractivity contribution in [2.45, 2.75) is 57.1 Å². The highest BCUT2D eigenvalue weighted by Crippen LogP contribution is 2.19. The Labute approximate surface area is 141 Å². The zero-order valence-electron chi connectivity index (χ0n) is 14.6. The third-order valence-corrected chi connectivity index (χ3v) is 5.67. The van der Waals surface area contributed by atoms with Crippen LogP contribution >= 0.6 is 0 Å². The van der Waals surface area contributed by atoms with Gasteiger partial charge >= 0.3 is 6.03 Å². The van der Waals surface area contributed by atoms with Gasteiger partial charge in [0, 0.05) is 27.0 Å². The van der Waals surface area contributed by atoms with Crippen LogP contribution in [-0.2, 0) is 16.6 Å². The van der Waals surface area contributed by atoms with Gasteiger partial charge in [-0.3, -0.25) is 4.21 Å². The van der Waals surface area contributed by atoms with E-state index in [9.17, 15) is 14.1 Å². The molecule has 5 nitrogen and oxygen atoms in total. The second kappa shape index (κ2) is 7.93. The Bertz CT molecular complexity index is 563. The maximum atomic E-state index is 12.2. The van der Waals surface area contributed by atoms with Crippen LogP contribution in [0.15, 0.2) is 24.3 Å². The Balaban J connectivity index is 2.74. The Morgan fingerprint density at radius 3 is 2.43 bits per heavy atom. The zero-order chi connectivity index (χ0) is 17.7. The normalized spacial score (nSPS) is 15.6. The van der Waals surface area contributed by atoms with Gasteiger partial charge in [0.25, 0.3) is 0 Å². The molecule has 0 aliphatic carbocycles. The van der Waals surface area contributed by atoms with Gasteiger partial charge in [0.15, 0.2) is 0 Å². The number of benzene rings is 1. The second-order valence-corrected chi connectivity index (χ2v) is 9.16. The minimum atomic E-state index is -0.989. The number of urea groups is 1. The molecular formula is C17H28N2O3S. The van der Waals surface area contributed by atoms with Crippen molar-refractivity contribution < 1.29 is 14.1 Å². The van der Waals surface area contributed by atoms with Crippen molar-refractivity contribution in [3.8, 4) is 0 Å². The van der Waals surface area contributed by atoms with Gasteiger partial charge < -0.3 is 15.7 Å². The third kappa shape index (κ3) is 6.31. The van der Waals surface area contributed by atoms with Crippen LogP contribution < -0.4 is 10.6 Å². The summed E-state index contributed by atoms with van der Waals surface area (Å²) in [5.41, 5.74) is 0.911. The maximum absolute atomic E-state index is 12.2. The maximum Gasteiger partial charge on any atom is 0.319 e. The van der Waals surface area contributed by atoms with Crippen LogP contribution in [0.1, 0.15) is 46.6 Å². The molecule has 0 heterocycles. The Morgan fingerprint density at radius 1 is 1.26 bits per heavy atom. The lowest BCUT2D eigenvalue weighted by Crippen LogP contribution is -2.50. The van der Waals surface area contributed by atoms with Gasteiger partial charge in [-0.25, -0.2) is 4.79 Å². The van der Waals surface area contributed by atoms with Gasteiger partial charge in [-0.1, -0.05) is 19.1 Å². The van der Waals surface area contributed by atoms with Crippen LogP contribution in [0.25, 0.3) is 0 Å². The molecule has 0 fully saturated rings. The molecule has 0 spiro atoms. The van der Waals surface area contributed by atoms with E-state index in [2.05, 4.69) is 10.6 Å². The number of rotatable bonds is 6. The van der Waals surface area contributed by atoms with E-state index < -0.39 is 16.3 Å². The number of hydrogen-bond donors (Lipinski definition) is 3. The van der Waals surface area contributed by atoms with Crippen LogP contribution in [0.2, 0.25) is 0 Å². The fourth-order valence-corrected chi connectivity index (χ4v) is 2.70. The Hall–Kier alpha value is -1.40. The minimum absolute atomic E-state index is 0.123. The van der Waals surface area contributed by atoms with Crippen molar-refractivity contribution in [2.75, 3.05) is 11.9 Å². The molecule has 0 aliphatic rings. The second-order valence-electron chi connectivity index (χ2n) is 6.95. The molecule has 6 heteroatoms. The summed E-state index contributed by atoms with van der Waals surface area (Å²) in [4.78, 5) is 12.0. The summed E-state index contributed by atoms with van der Waals surface area (Å²) in [7, 11) is -0.989. The van der Waals surface area contributed by atoms with Crippen molar-refractivity contribution in [1.29, 1.82) is 0 Å². The van der Waals surface area contributed by atoms with E-state index in [0.717, 1.165) is 5.56 Å².